The van der Waals surface area contributed by atoms with Gasteiger partial charge >= 0.3 is 5.97 Å². The summed E-state index contributed by atoms with van der Waals surface area (Å²) in [5.41, 5.74) is 0.870. The lowest BCUT2D eigenvalue weighted by atomic mass is 10.1. The maximum absolute atomic E-state index is 14.4. The molecule has 0 saturated carbocycles. The quantitative estimate of drug-likeness (QED) is 0.584. The number of nitrogens with zero attached hydrogens (tertiary/aromatic N) is 3. The van der Waals surface area contributed by atoms with E-state index in [0.717, 1.165) is 12.8 Å². The van der Waals surface area contributed by atoms with Crippen molar-refractivity contribution in [1.82, 2.24) is 14.8 Å². The largest absolute Gasteiger partial charge is 0.462 e. The summed E-state index contributed by atoms with van der Waals surface area (Å²) in [7, 11) is 0. The van der Waals surface area contributed by atoms with Gasteiger partial charge in [0.2, 0.25) is 5.95 Å². The summed E-state index contributed by atoms with van der Waals surface area (Å²) in [6.45, 7) is 3.18. The first-order chi connectivity index (χ1) is 11.6. The van der Waals surface area contributed by atoms with Crippen LogP contribution in [0, 0.1) is 5.95 Å². The molecule has 1 aliphatic rings. The molecule has 8 heteroatoms. The van der Waals surface area contributed by atoms with E-state index in [0.29, 0.717) is 23.5 Å². The molecule has 0 radical (unpaired) electrons. The number of halogens is 2. The summed E-state index contributed by atoms with van der Waals surface area (Å²) in [6, 6.07) is 3.26. The van der Waals surface area contributed by atoms with Gasteiger partial charge < -0.3 is 9.47 Å². The number of carbonyl (C=O) groups is 1. The Bertz CT molecular complexity index is 744. The molecular formula is C16H17BrFN3O3. The highest BCUT2D eigenvalue weighted by Gasteiger charge is 2.27. The van der Waals surface area contributed by atoms with Crippen LogP contribution in [0.15, 0.2) is 22.9 Å². The van der Waals surface area contributed by atoms with Gasteiger partial charge in [-0.05, 0) is 47.8 Å². The normalized spacial score (nSPS) is 15.5. The Hall–Kier alpha value is -1.80. The van der Waals surface area contributed by atoms with Crippen molar-refractivity contribution in [2.24, 2.45) is 0 Å². The van der Waals surface area contributed by atoms with Gasteiger partial charge in [-0.1, -0.05) is 0 Å². The van der Waals surface area contributed by atoms with Crippen molar-refractivity contribution < 1.29 is 18.7 Å². The average Bonchev–Trinajstić information content (AvgIpc) is 3.01. The third-order valence-corrected chi connectivity index (χ3v) is 4.34. The topological polar surface area (TPSA) is 66.2 Å². The molecule has 3 rings (SSSR count). The summed E-state index contributed by atoms with van der Waals surface area (Å²) < 4.78 is 27.0. The standard InChI is InChI=1S/C16H17BrFN3O3/c1-2-24-16(22)12-9-19-21(10-5-7-23-8-6-10)14(12)11-3-4-13(17)20-15(11)18/h3-4,9-10H,2,5-8H2,1H3. The lowest BCUT2D eigenvalue weighted by Crippen LogP contribution is -2.21. The fourth-order valence-electron chi connectivity index (χ4n) is 2.78. The molecule has 2 aromatic rings. The van der Waals surface area contributed by atoms with Gasteiger partial charge in [0.15, 0.2) is 0 Å². The fraction of sp³-hybridized carbons (Fsp3) is 0.438. The Morgan fingerprint density at radius 2 is 2.21 bits per heavy atom. The van der Waals surface area contributed by atoms with Crippen LogP contribution in [0.4, 0.5) is 4.39 Å². The molecule has 0 bridgehead atoms. The number of hydrogen-bond acceptors (Lipinski definition) is 5. The molecule has 128 valence electrons. The molecule has 0 aliphatic carbocycles. The third-order valence-electron chi connectivity index (χ3n) is 3.90. The minimum Gasteiger partial charge on any atom is -0.462 e. The number of ether oxygens (including phenoxy) is 2. The second kappa shape index (κ2) is 7.40. The van der Waals surface area contributed by atoms with Gasteiger partial charge in [0.1, 0.15) is 10.2 Å². The third kappa shape index (κ3) is 3.34. The van der Waals surface area contributed by atoms with Crippen molar-refractivity contribution in [3.8, 4) is 11.3 Å². The molecule has 3 heterocycles. The van der Waals surface area contributed by atoms with Crippen molar-refractivity contribution >= 4 is 21.9 Å². The van der Waals surface area contributed by atoms with Crippen LogP contribution in [-0.2, 0) is 9.47 Å². The van der Waals surface area contributed by atoms with E-state index in [1.54, 1.807) is 23.7 Å². The molecule has 1 saturated heterocycles. The Balaban J connectivity index is 2.11. The number of hydrogen-bond donors (Lipinski definition) is 0. The second-order valence-electron chi connectivity index (χ2n) is 5.39. The number of rotatable bonds is 4. The van der Waals surface area contributed by atoms with Gasteiger partial charge in [0, 0.05) is 13.2 Å². The van der Waals surface area contributed by atoms with E-state index in [2.05, 4.69) is 26.0 Å². The lowest BCUT2D eigenvalue weighted by Gasteiger charge is -2.24. The van der Waals surface area contributed by atoms with Gasteiger partial charge in [0.05, 0.1) is 30.1 Å². The molecule has 0 spiro atoms. The monoisotopic (exact) mass is 397 g/mol. The van der Waals surface area contributed by atoms with Crippen molar-refractivity contribution in [2.75, 3.05) is 19.8 Å². The summed E-state index contributed by atoms with van der Waals surface area (Å²) >= 11 is 3.15. The Kier molecular flexibility index (Phi) is 5.25. The van der Waals surface area contributed by atoms with Crippen molar-refractivity contribution in [1.29, 1.82) is 0 Å². The zero-order chi connectivity index (χ0) is 17.1. The summed E-state index contributed by atoms with van der Waals surface area (Å²) in [5.74, 6) is -1.18. The first-order valence-electron chi connectivity index (χ1n) is 7.76. The van der Waals surface area contributed by atoms with Crippen molar-refractivity contribution in [3.63, 3.8) is 0 Å². The highest BCUT2D eigenvalue weighted by Crippen LogP contribution is 2.32. The molecule has 0 N–H and O–H groups in total. The minimum absolute atomic E-state index is 0.0416. The second-order valence-corrected chi connectivity index (χ2v) is 6.20. The summed E-state index contributed by atoms with van der Waals surface area (Å²) in [6.07, 6.45) is 2.94. The van der Waals surface area contributed by atoms with Crippen LogP contribution in [0.3, 0.4) is 0 Å². The molecule has 6 nitrogen and oxygen atoms in total. The maximum Gasteiger partial charge on any atom is 0.341 e. The highest BCUT2D eigenvalue weighted by atomic mass is 79.9. The van der Waals surface area contributed by atoms with Gasteiger partial charge in [-0.3, -0.25) is 4.68 Å². The Morgan fingerprint density at radius 3 is 2.88 bits per heavy atom. The van der Waals surface area contributed by atoms with E-state index in [1.807, 2.05) is 0 Å². The number of aromatic nitrogens is 3. The predicted molar refractivity (Wildman–Crippen MR) is 88.2 cm³/mol. The van der Waals surface area contributed by atoms with Gasteiger partial charge in [-0.2, -0.15) is 9.49 Å². The van der Waals surface area contributed by atoms with E-state index >= 15 is 0 Å². The molecule has 0 amide bonds. The van der Waals surface area contributed by atoms with Gasteiger partial charge in [0.25, 0.3) is 0 Å². The highest BCUT2D eigenvalue weighted by molar-refractivity contribution is 9.10. The SMILES string of the molecule is CCOC(=O)c1cnn(C2CCOCC2)c1-c1ccc(Br)nc1F. The Morgan fingerprint density at radius 1 is 1.46 bits per heavy atom. The van der Waals surface area contributed by atoms with E-state index in [1.165, 1.54) is 6.20 Å². The lowest BCUT2D eigenvalue weighted by molar-refractivity contribution is 0.0526. The van der Waals surface area contributed by atoms with Crippen LogP contribution in [0.1, 0.15) is 36.2 Å². The van der Waals surface area contributed by atoms with E-state index < -0.39 is 11.9 Å². The zero-order valence-electron chi connectivity index (χ0n) is 13.2. The van der Waals surface area contributed by atoms with Gasteiger partial charge in [-0.15, -0.1) is 0 Å². The smallest absolute Gasteiger partial charge is 0.341 e. The first kappa shape index (κ1) is 17.0. The summed E-state index contributed by atoms with van der Waals surface area (Å²) in [5, 5.41) is 4.34. The van der Waals surface area contributed by atoms with Crippen molar-refractivity contribution in [3.05, 3.63) is 34.4 Å². The van der Waals surface area contributed by atoms with Crippen LogP contribution in [0.2, 0.25) is 0 Å². The van der Waals surface area contributed by atoms with E-state index in [9.17, 15) is 9.18 Å². The van der Waals surface area contributed by atoms with Crippen LogP contribution < -0.4 is 0 Å². The fourth-order valence-corrected chi connectivity index (χ4v) is 3.07. The van der Waals surface area contributed by atoms with Crippen LogP contribution >= 0.6 is 15.9 Å². The molecule has 0 aromatic carbocycles. The van der Waals surface area contributed by atoms with E-state index in [4.69, 9.17) is 9.47 Å². The predicted octanol–water partition coefficient (Wildman–Crippen LogP) is 3.37. The van der Waals surface area contributed by atoms with Crippen LogP contribution in [-0.4, -0.2) is 40.6 Å². The first-order valence-corrected chi connectivity index (χ1v) is 8.56. The molecule has 1 aliphatic heterocycles. The zero-order valence-corrected chi connectivity index (χ0v) is 14.8. The molecule has 24 heavy (non-hydrogen) atoms. The molecule has 0 atom stereocenters. The number of pyridine rings is 1. The molecule has 2 aromatic heterocycles. The molecule has 1 fully saturated rings. The average molecular weight is 398 g/mol. The van der Waals surface area contributed by atoms with Crippen molar-refractivity contribution in [2.45, 2.75) is 25.8 Å². The number of esters is 1. The Labute approximate surface area is 147 Å². The summed E-state index contributed by atoms with van der Waals surface area (Å²) in [4.78, 5) is 16.1. The van der Waals surface area contributed by atoms with Crippen LogP contribution in [0.5, 0.6) is 0 Å². The van der Waals surface area contributed by atoms with Gasteiger partial charge in [-0.25, -0.2) is 9.78 Å². The van der Waals surface area contributed by atoms with E-state index in [-0.39, 0.29) is 23.8 Å². The molecular weight excluding hydrogens is 381 g/mol. The molecule has 0 unspecified atom stereocenters. The maximum atomic E-state index is 14.4. The minimum atomic E-state index is -0.663. The number of carbonyl (C=O) groups excluding carboxylic acids is 1. The van der Waals surface area contributed by atoms with Crippen LogP contribution in [0.25, 0.3) is 11.3 Å².